The van der Waals surface area contributed by atoms with Gasteiger partial charge in [0.1, 0.15) is 0 Å². The van der Waals surface area contributed by atoms with Crippen molar-refractivity contribution in [2.75, 3.05) is 13.7 Å². The summed E-state index contributed by atoms with van der Waals surface area (Å²) in [5.41, 5.74) is 4.57. The number of thiocarbonyl (C=S) groups is 1. The van der Waals surface area contributed by atoms with Crippen LogP contribution in [0.5, 0.6) is 11.5 Å². The van der Waals surface area contributed by atoms with E-state index >= 15 is 0 Å². The maximum Gasteiger partial charge on any atom is 0.341 e. The minimum atomic E-state index is -1.11. The van der Waals surface area contributed by atoms with E-state index in [0.29, 0.717) is 21.8 Å². The third-order valence-corrected chi connectivity index (χ3v) is 5.46. The summed E-state index contributed by atoms with van der Waals surface area (Å²) < 4.78 is 10.6. The topological polar surface area (TPSA) is 105 Å². The van der Waals surface area contributed by atoms with Gasteiger partial charge in [-0.3, -0.25) is 15.0 Å². The zero-order valence-electron chi connectivity index (χ0n) is 16.6. The van der Waals surface area contributed by atoms with Gasteiger partial charge in [-0.2, -0.15) is 5.01 Å². The lowest BCUT2D eigenvalue weighted by atomic mass is 10.1. The molecule has 2 N–H and O–H groups in total. The van der Waals surface area contributed by atoms with Crippen molar-refractivity contribution in [3.05, 3.63) is 64.1 Å². The van der Waals surface area contributed by atoms with Crippen molar-refractivity contribution in [3.63, 3.8) is 0 Å². The Morgan fingerprint density at radius 2 is 1.90 bits per heavy atom. The van der Waals surface area contributed by atoms with Gasteiger partial charge >= 0.3 is 5.97 Å². The lowest BCUT2D eigenvalue weighted by Gasteiger charge is -2.15. The van der Waals surface area contributed by atoms with Gasteiger partial charge in [-0.25, -0.2) is 4.79 Å². The first-order valence-corrected chi connectivity index (χ1v) is 10.2. The van der Waals surface area contributed by atoms with Crippen LogP contribution >= 0.6 is 24.0 Å². The van der Waals surface area contributed by atoms with E-state index in [4.69, 9.17) is 26.8 Å². The highest BCUT2D eigenvalue weighted by molar-refractivity contribution is 8.26. The second kappa shape index (κ2) is 9.63. The first kappa shape index (κ1) is 22.3. The van der Waals surface area contributed by atoms with Crippen LogP contribution in [0.4, 0.5) is 0 Å². The van der Waals surface area contributed by atoms with Crippen LogP contribution in [0.15, 0.2) is 47.4 Å². The molecule has 0 radical (unpaired) electrons. The lowest BCUT2D eigenvalue weighted by molar-refractivity contribution is -0.139. The van der Waals surface area contributed by atoms with Gasteiger partial charge in [-0.15, -0.1) is 0 Å². The van der Waals surface area contributed by atoms with Crippen LogP contribution in [-0.2, 0) is 9.59 Å². The van der Waals surface area contributed by atoms with Crippen molar-refractivity contribution in [2.24, 2.45) is 0 Å². The minimum absolute atomic E-state index is 0.199. The van der Waals surface area contributed by atoms with Gasteiger partial charge in [0.25, 0.3) is 11.8 Å². The number of aryl methyl sites for hydroxylation is 1. The highest BCUT2D eigenvalue weighted by Crippen LogP contribution is 2.34. The molecular formula is C21H18N2O6S2. The number of carbonyl (C=O) groups excluding carboxylic acids is 2. The van der Waals surface area contributed by atoms with Gasteiger partial charge in [0.15, 0.2) is 22.4 Å². The number of amides is 2. The summed E-state index contributed by atoms with van der Waals surface area (Å²) in [5.74, 6) is -1.43. The fourth-order valence-corrected chi connectivity index (χ4v) is 3.80. The van der Waals surface area contributed by atoms with E-state index in [9.17, 15) is 14.4 Å². The summed E-state index contributed by atoms with van der Waals surface area (Å²) in [7, 11) is 1.42. The highest BCUT2D eigenvalue weighted by Gasteiger charge is 2.33. The molecule has 0 bridgehead atoms. The second-order valence-electron chi connectivity index (χ2n) is 6.42. The molecule has 2 amide bonds. The van der Waals surface area contributed by atoms with Crippen molar-refractivity contribution in [1.29, 1.82) is 0 Å². The molecule has 160 valence electrons. The standard InChI is InChI=1S/C21H18N2O6S2/c1-12-3-6-14(7-4-12)19(26)22-23-20(27)17(31-21(23)30)10-13-5-8-15(16(9-13)28-2)29-11-18(24)25/h3-10H,11H2,1-2H3,(H,22,26)(H,24,25)/b17-10-. The number of nitrogens with zero attached hydrogens (tertiary/aromatic N) is 1. The number of ether oxygens (including phenoxy) is 2. The monoisotopic (exact) mass is 458 g/mol. The molecule has 2 aromatic rings. The SMILES string of the molecule is COc1cc(/C=C2\SC(=S)N(NC(=O)c3ccc(C)cc3)C2=O)ccc1OCC(=O)O. The van der Waals surface area contributed by atoms with Crippen molar-refractivity contribution in [2.45, 2.75) is 6.92 Å². The Morgan fingerprint density at radius 3 is 2.55 bits per heavy atom. The van der Waals surface area contributed by atoms with Crippen LogP contribution in [0, 0.1) is 6.92 Å². The van der Waals surface area contributed by atoms with Gasteiger partial charge in [0.2, 0.25) is 0 Å². The number of benzene rings is 2. The molecule has 1 saturated heterocycles. The van der Waals surface area contributed by atoms with E-state index in [0.717, 1.165) is 22.3 Å². The quantitative estimate of drug-likeness (QED) is 0.482. The van der Waals surface area contributed by atoms with E-state index in [-0.39, 0.29) is 10.1 Å². The second-order valence-corrected chi connectivity index (χ2v) is 8.09. The Kier molecular flexibility index (Phi) is 6.93. The van der Waals surface area contributed by atoms with E-state index in [1.54, 1.807) is 48.5 Å². The first-order valence-electron chi connectivity index (χ1n) is 8.96. The van der Waals surface area contributed by atoms with E-state index in [1.807, 2.05) is 6.92 Å². The third-order valence-electron chi connectivity index (χ3n) is 4.16. The molecule has 0 saturated carbocycles. The number of aliphatic carboxylic acids is 1. The summed E-state index contributed by atoms with van der Waals surface area (Å²) in [5, 5.41) is 9.78. The van der Waals surface area contributed by atoms with Gasteiger partial charge in [0.05, 0.1) is 12.0 Å². The number of methoxy groups -OCH3 is 1. The predicted octanol–water partition coefficient (Wildman–Crippen LogP) is 3.01. The van der Waals surface area contributed by atoms with E-state index in [1.165, 1.54) is 7.11 Å². The fourth-order valence-electron chi connectivity index (χ4n) is 2.62. The molecule has 31 heavy (non-hydrogen) atoms. The number of rotatable bonds is 7. The average Bonchev–Trinajstić information content (AvgIpc) is 3.00. The van der Waals surface area contributed by atoms with Crippen LogP contribution in [0.1, 0.15) is 21.5 Å². The molecule has 1 fully saturated rings. The van der Waals surface area contributed by atoms with E-state index in [2.05, 4.69) is 5.43 Å². The summed E-state index contributed by atoms with van der Waals surface area (Å²) in [6, 6.07) is 11.7. The van der Waals surface area contributed by atoms with Crippen LogP contribution in [0.3, 0.4) is 0 Å². The Balaban J connectivity index is 1.75. The number of hydrogen-bond donors (Lipinski definition) is 2. The number of carbonyl (C=O) groups is 3. The zero-order chi connectivity index (χ0) is 22.5. The zero-order valence-corrected chi connectivity index (χ0v) is 18.2. The number of carboxylic acids is 1. The number of nitrogens with one attached hydrogen (secondary N) is 1. The molecular weight excluding hydrogens is 440 g/mol. The van der Waals surface area contributed by atoms with Crippen molar-refractivity contribution in [3.8, 4) is 11.5 Å². The molecule has 0 spiro atoms. The Bertz CT molecular complexity index is 1080. The Hall–Kier alpha value is -3.37. The summed E-state index contributed by atoms with van der Waals surface area (Å²) in [4.78, 5) is 36.2. The highest BCUT2D eigenvalue weighted by atomic mass is 32.2. The van der Waals surface area contributed by atoms with Crippen LogP contribution in [0.25, 0.3) is 6.08 Å². The summed E-state index contributed by atoms with van der Waals surface area (Å²) in [6.45, 7) is 1.41. The molecule has 0 aliphatic carbocycles. The van der Waals surface area contributed by atoms with Crippen molar-refractivity contribution < 1.29 is 29.0 Å². The average molecular weight is 459 g/mol. The van der Waals surface area contributed by atoms with Gasteiger partial charge in [-0.05, 0) is 55.0 Å². The minimum Gasteiger partial charge on any atom is -0.493 e. The van der Waals surface area contributed by atoms with Crippen molar-refractivity contribution >= 4 is 52.2 Å². The molecule has 2 aromatic carbocycles. The first-order chi connectivity index (χ1) is 14.8. The maximum absolute atomic E-state index is 12.8. The largest absolute Gasteiger partial charge is 0.493 e. The molecule has 0 aromatic heterocycles. The predicted molar refractivity (Wildman–Crippen MR) is 120 cm³/mol. The lowest BCUT2D eigenvalue weighted by Crippen LogP contribution is -2.44. The van der Waals surface area contributed by atoms with Crippen LogP contribution in [0.2, 0.25) is 0 Å². The Morgan fingerprint density at radius 1 is 1.19 bits per heavy atom. The van der Waals surface area contributed by atoms with E-state index < -0.39 is 24.4 Å². The molecule has 1 aliphatic rings. The number of hydrogen-bond acceptors (Lipinski definition) is 7. The van der Waals surface area contributed by atoms with Crippen LogP contribution < -0.4 is 14.9 Å². The fraction of sp³-hybridized carbons (Fsp3) is 0.143. The molecule has 1 aliphatic heterocycles. The van der Waals surface area contributed by atoms with Crippen molar-refractivity contribution in [1.82, 2.24) is 10.4 Å². The smallest absolute Gasteiger partial charge is 0.341 e. The molecule has 3 rings (SSSR count). The summed E-state index contributed by atoms with van der Waals surface area (Å²) >= 11 is 6.29. The molecule has 10 heteroatoms. The van der Waals surface area contributed by atoms with Gasteiger partial charge in [-0.1, -0.05) is 35.5 Å². The van der Waals surface area contributed by atoms with Crippen LogP contribution in [-0.4, -0.2) is 45.9 Å². The summed E-state index contributed by atoms with van der Waals surface area (Å²) in [6.07, 6.45) is 1.60. The number of carboxylic acid groups (broad SMARTS) is 1. The molecule has 0 atom stereocenters. The van der Waals surface area contributed by atoms with Gasteiger partial charge in [0, 0.05) is 5.56 Å². The molecule has 1 heterocycles. The molecule has 0 unspecified atom stereocenters. The normalized spacial score (nSPS) is 14.6. The Labute approximate surface area is 187 Å². The third kappa shape index (κ3) is 5.41. The number of hydrazine groups is 1. The molecule has 8 nitrogen and oxygen atoms in total. The maximum atomic E-state index is 12.8. The number of thioether (sulfide) groups is 1. The van der Waals surface area contributed by atoms with Gasteiger partial charge < -0.3 is 14.6 Å².